The summed E-state index contributed by atoms with van der Waals surface area (Å²) in [5, 5.41) is 11.7. The van der Waals surface area contributed by atoms with Crippen LogP contribution in [-0.4, -0.2) is 11.9 Å². The van der Waals surface area contributed by atoms with Crippen molar-refractivity contribution >= 4 is 41.0 Å². The Morgan fingerprint density at radius 2 is 1.22 bits per heavy atom. The largest absolute Gasteiger partial charge is 0.443 e. The third-order valence-electron chi connectivity index (χ3n) is 3.07. The van der Waals surface area contributed by atoms with E-state index >= 15 is 0 Å². The van der Waals surface area contributed by atoms with Gasteiger partial charge in [-0.2, -0.15) is 0 Å². The molecule has 0 aromatic heterocycles. The molecule has 0 saturated carbocycles. The normalized spacial score (nSPS) is 10.5. The third kappa shape index (κ3) is 2.72. The van der Waals surface area contributed by atoms with Crippen molar-refractivity contribution in [1.82, 2.24) is 0 Å². The fourth-order valence-electron chi connectivity index (χ4n) is 1.98. The summed E-state index contributed by atoms with van der Waals surface area (Å²) in [5.41, 5.74) is 3.64. The molecule has 92 valence electrons. The Balaban J connectivity index is 2.50. The summed E-state index contributed by atoms with van der Waals surface area (Å²) in [5.74, 6) is 0. The predicted octanol–water partition coefficient (Wildman–Crippen LogP) is 2.71. The molecule has 4 heteroatoms. The number of aryl methyl sites for hydroxylation is 2. The molecular formula is C14H13BCl2O. The van der Waals surface area contributed by atoms with Crippen LogP contribution in [0.2, 0.25) is 10.0 Å². The van der Waals surface area contributed by atoms with Crippen molar-refractivity contribution in [2.24, 2.45) is 0 Å². The molecule has 2 aromatic rings. The molecule has 0 radical (unpaired) electrons. The summed E-state index contributed by atoms with van der Waals surface area (Å²) in [4.78, 5) is 0. The summed E-state index contributed by atoms with van der Waals surface area (Å²) >= 11 is 12.0. The molecule has 0 amide bonds. The molecule has 0 bridgehead atoms. The van der Waals surface area contributed by atoms with Gasteiger partial charge in [-0.1, -0.05) is 46.5 Å². The molecule has 2 rings (SSSR count). The van der Waals surface area contributed by atoms with Crippen molar-refractivity contribution < 1.29 is 5.02 Å². The van der Waals surface area contributed by atoms with Gasteiger partial charge in [-0.15, -0.1) is 0 Å². The van der Waals surface area contributed by atoms with Crippen LogP contribution in [0.4, 0.5) is 0 Å². The maximum absolute atomic E-state index is 10.5. The zero-order valence-corrected chi connectivity index (χ0v) is 11.8. The molecule has 2 aromatic carbocycles. The van der Waals surface area contributed by atoms with Crippen LogP contribution in [0.15, 0.2) is 36.4 Å². The maximum atomic E-state index is 10.5. The quantitative estimate of drug-likeness (QED) is 0.838. The van der Waals surface area contributed by atoms with Crippen molar-refractivity contribution in [2.75, 3.05) is 0 Å². The van der Waals surface area contributed by atoms with Crippen molar-refractivity contribution in [2.45, 2.75) is 13.8 Å². The maximum Gasteiger partial charge on any atom is 0.359 e. The van der Waals surface area contributed by atoms with Gasteiger partial charge in [-0.3, -0.25) is 0 Å². The van der Waals surface area contributed by atoms with Crippen LogP contribution in [0.25, 0.3) is 0 Å². The predicted molar refractivity (Wildman–Crippen MR) is 79.6 cm³/mol. The van der Waals surface area contributed by atoms with Crippen LogP contribution in [0.3, 0.4) is 0 Å². The Morgan fingerprint density at radius 1 is 0.833 bits per heavy atom. The lowest BCUT2D eigenvalue weighted by Crippen LogP contribution is -2.45. The first-order chi connectivity index (χ1) is 8.49. The van der Waals surface area contributed by atoms with Gasteiger partial charge in [0.25, 0.3) is 0 Å². The average Bonchev–Trinajstić information content (AvgIpc) is 2.34. The van der Waals surface area contributed by atoms with Crippen LogP contribution in [-0.2, 0) is 0 Å². The molecule has 0 aliphatic rings. The fourth-order valence-corrected chi connectivity index (χ4v) is 2.34. The van der Waals surface area contributed by atoms with Crippen molar-refractivity contribution in [3.05, 3.63) is 57.6 Å². The highest BCUT2D eigenvalue weighted by atomic mass is 35.5. The van der Waals surface area contributed by atoms with E-state index in [2.05, 4.69) is 0 Å². The number of hydrogen-bond donors (Lipinski definition) is 1. The van der Waals surface area contributed by atoms with Crippen LogP contribution in [0.1, 0.15) is 11.1 Å². The minimum Gasteiger partial charge on any atom is -0.443 e. The molecule has 0 aliphatic heterocycles. The standard InChI is InChI=1S/C14H13BCl2O/c1-9-3-5-11(16)7-13(9)15(18)14-8-12(17)6-4-10(14)2/h3-8,18H,1-2H3. The van der Waals surface area contributed by atoms with Gasteiger partial charge in [0.05, 0.1) is 0 Å². The number of hydrogen-bond acceptors (Lipinski definition) is 1. The van der Waals surface area contributed by atoms with E-state index in [9.17, 15) is 5.02 Å². The van der Waals surface area contributed by atoms with E-state index < -0.39 is 6.92 Å². The topological polar surface area (TPSA) is 20.2 Å². The van der Waals surface area contributed by atoms with Gasteiger partial charge in [-0.05, 0) is 49.0 Å². The Bertz CT molecular complexity index is 533. The van der Waals surface area contributed by atoms with Crippen LogP contribution in [0.5, 0.6) is 0 Å². The lowest BCUT2D eigenvalue weighted by atomic mass is 9.53. The van der Waals surface area contributed by atoms with E-state index in [4.69, 9.17) is 23.2 Å². The molecule has 1 nitrogen and oxygen atoms in total. The summed E-state index contributed by atoms with van der Waals surface area (Å²) in [6.45, 7) is 3.20. The monoisotopic (exact) mass is 278 g/mol. The smallest absolute Gasteiger partial charge is 0.359 e. The Kier molecular flexibility index (Phi) is 4.01. The van der Waals surface area contributed by atoms with E-state index in [1.165, 1.54) is 0 Å². The molecule has 0 heterocycles. The molecule has 1 N–H and O–H groups in total. The van der Waals surface area contributed by atoms with Crippen LogP contribution < -0.4 is 10.9 Å². The molecule has 18 heavy (non-hydrogen) atoms. The van der Waals surface area contributed by atoms with E-state index in [-0.39, 0.29) is 0 Å². The van der Waals surface area contributed by atoms with Gasteiger partial charge in [-0.25, -0.2) is 0 Å². The number of halogens is 2. The zero-order chi connectivity index (χ0) is 13.3. The minimum absolute atomic E-state index is 0.620. The second kappa shape index (κ2) is 5.35. The molecule has 0 spiro atoms. The molecule has 0 saturated heterocycles. The van der Waals surface area contributed by atoms with E-state index in [0.29, 0.717) is 10.0 Å². The van der Waals surface area contributed by atoms with E-state index in [0.717, 1.165) is 22.1 Å². The van der Waals surface area contributed by atoms with Gasteiger partial charge < -0.3 is 5.02 Å². The molecule has 0 unspecified atom stereocenters. The van der Waals surface area contributed by atoms with Gasteiger partial charge >= 0.3 is 6.92 Å². The third-order valence-corrected chi connectivity index (χ3v) is 3.54. The first kappa shape index (κ1) is 13.5. The van der Waals surface area contributed by atoms with Gasteiger partial charge in [0, 0.05) is 10.0 Å². The van der Waals surface area contributed by atoms with Gasteiger partial charge in [0.2, 0.25) is 0 Å². The van der Waals surface area contributed by atoms with Crippen LogP contribution in [0, 0.1) is 13.8 Å². The van der Waals surface area contributed by atoms with Crippen molar-refractivity contribution in [3.63, 3.8) is 0 Å². The highest BCUT2D eigenvalue weighted by Crippen LogP contribution is 2.11. The minimum atomic E-state index is -0.706. The zero-order valence-electron chi connectivity index (χ0n) is 10.2. The molecular weight excluding hydrogens is 266 g/mol. The highest BCUT2D eigenvalue weighted by molar-refractivity contribution is 6.79. The average molecular weight is 279 g/mol. The first-order valence-electron chi connectivity index (χ1n) is 5.69. The molecule has 0 atom stereocenters. The summed E-state index contributed by atoms with van der Waals surface area (Å²) in [7, 11) is 0. The molecule has 0 aliphatic carbocycles. The second-order valence-corrected chi connectivity index (χ2v) is 5.28. The lowest BCUT2D eigenvalue weighted by Gasteiger charge is -2.13. The fraction of sp³-hybridized carbons (Fsp3) is 0.143. The summed E-state index contributed by atoms with van der Waals surface area (Å²) in [6, 6.07) is 11.0. The van der Waals surface area contributed by atoms with E-state index in [1.807, 2.05) is 38.1 Å². The molecule has 0 fully saturated rings. The Morgan fingerprint density at radius 3 is 1.61 bits per heavy atom. The van der Waals surface area contributed by atoms with Crippen LogP contribution >= 0.6 is 23.2 Å². The number of rotatable bonds is 2. The summed E-state index contributed by atoms with van der Waals surface area (Å²) in [6.07, 6.45) is 0. The number of benzene rings is 2. The van der Waals surface area contributed by atoms with Gasteiger partial charge in [0.15, 0.2) is 0 Å². The van der Waals surface area contributed by atoms with Crippen molar-refractivity contribution in [3.8, 4) is 0 Å². The lowest BCUT2D eigenvalue weighted by molar-refractivity contribution is 0.599. The Labute approximate surface area is 117 Å². The van der Waals surface area contributed by atoms with Crippen molar-refractivity contribution in [1.29, 1.82) is 0 Å². The van der Waals surface area contributed by atoms with E-state index in [1.54, 1.807) is 12.1 Å². The summed E-state index contributed by atoms with van der Waals surface area (Å²) < 4.78 is 0. The highest BCUT2D eigenvalue weighted by Gasteiger charge is 2.21. The SMILES string of the molecule is Cc1ccc(Cl)cc1B(O)c1cc(Cl)ccc1C. The van der Waals surface area contributed by atoms with Gasteiger partial charge in [0.1, 0.15) is 0 Å². The first-order valence-corrected chi connectivity index (χ1v) is 6.45. The Hall–Kier alpha value is -0.955. The second-order valence-electron chi connectivity index (χ2n) is 4.40.